The molecule has 2 heterocycles. The van der Waals surface area contributed by atoms with Crippen molar-refractivity contribution in [3.8, 4) is 0 Å². The molecule has 1 aliphatic heterocycles. The van der Waals surface area contributed by atoms with Crippen LogP contribution in [0.5, 0.6) is 0 Å². The Kier molecular flexibility index (Phi) is 4.64. The number of para-hydroxylation sites is 1. The van der Waals surface area contributed by atoms with E-state index in [-0.39, 0.29) is 24.9 Å². The summed E-state index contributed by atoms with van der Waals surface area (Å²) in [7, 11) is 0. The Bertz CT molecular complexity index is 767. The van der Waals surface area contributed by atoms with Crippen LogP contribution in [0.1, 0.15) is 23.4 Å². The largest absolute Gasteiger partial charge is 0.455 e. The maximum atomic E-state index is 12.3. The number of nitrogens with zero attached hydrogens (tertiary/aromatic N) is 3. The first-order chi connectivity index (χ1) is 11.5. The summed E-state index contributed by atoms with van der Waals surface area (Å²) in [5, 5.41) is 4.30. The first-order valence-corrected chi connectivity index (χ1v) is 8.09. The van der Waals surface area contributed by atoms with Gasteiger partial charge in [-0.15, -0.1) is 0 Å². The lowest BCUT2D eigenvalue weighted by Gasteiger charge is -2.17. The van der Waals surface area contributed by atoms with Gasteiger partial charge in [-0.1, -0.05) is 18.2 Å². The lowest BCUT2D eigenvalue weighted by Crippen LogP contribution is -2.33. The first kappa shape index (κ1) is 16.2. The highest BCUT2D eigenvalue weighted by Crippen LogP contribution is 2.27. The molecule has 3 rings (SSSR count). The molecule has 0 atom stereocenters. The van der Waals surface area contributed by atoms with Crippen LogP contribution in [0.3, 0.4) is 0 Å². The molecule has 0 unspecified atom stereocenters. The molecule has 0 bridgehead atoms. The van der Waals surface area contributed by atoms with E-state index in [9.17, 15) is 9.59 Å². The summed E-state index contributed by atoms with van der Waals surface area (Å²) in [6, 6.07) is 9.77. The zero-order valence-corrected chi connectivity index (χ0v) is 14.0. The Hall–Kier alpha value is -2.63. The molecule has 1 amide bonds. The number of esters is 1. The molecule has 1 aromatic carbocycles. The summed E-state index contributed by atoms with van der Waals surface area (Å²) in [4.78, 5) is 25.8. The van der Waals surface area contributed by atoms with Gasteiger partial charge in [0.2, 0.25) is 0 Å². The second-order valence-electron chi connectivity index (χ2n) is 5.99. The van der Waals surface area contributed by atoms with Crippen molar-refractivity contribution >= 4 is 17.6 Å². The smallest absolute Gasteiger partial charge is 0.308 e. The minimum absolute atomic E-state index is 0.181. The van der Waals surface area contributed by atoms with Crippen molar-refractivity contribution in [2.45, 2.75) is 33.2 Å². The van der Waals surface area contributed by atoms with Crippen molar-refractivity contribution < 1.29 is 14.3 Å². The fourth-order valence-electron chi connectivity index (χ4n) is 2.99. The Labute approximate surface area is 141 Å². The van der Waals surface area contributed by atoms with Gasteiger partial charge in [0.05, 0.1) is 18.7 Å². The van der Waals surface area contributed by atoms with E-state index in [0.29, 0.717) is 13.1 Å². The van der Waals surface area contributed by atoms with Gasteiger partial charge in [-0.3, -0.25) is 14.3 Å². The third kappa shape index (κ3) is 3.48. The van der Waals surface area contributed by atoms with Gasteiger partial charge >= 0.3 is 5.97 Å². The number of carbonyl (C=O) groups excluding carboxylic acids is 2. The Morgan fingerprint density at radius 1 is 1.25 bits per heavy atom. The van der Waals surface area contributed by atoms with Crippen LogP contribution in [0.15, 0.2) is 30.3 Å². The highest BCUT2D eigenvalue weighted by atomic mass is 16.5. The van der Waals surface area contributed by atoms with Gasteiger partial charge in [0.15, 0.2) is 6.61 Å². The highest BCUT2D eigenvalue weighted by molar-refractivity contribution is 5.97. The van der Waals surface area contributed by atoms with Crippen LogP contribution in [0.25, 0.3) is 0 Å². The topological polar surface area (TPSA) is 64.4 Å². The van der Waals surface area contributed by atoms with Gasteiger partial charge in [-0.05, 0) is 38.0 Å². The van der Waals surface area contributed by atoms with Crippen molar-refractivity contribution in [2.24, 2.45) is 0 Å². The standard InChI is InChI=1S/C18H21N3O3/c1-13-11-14(2)21(19-13)10-8-18(23)24-12-17(22)20-9-7-15-5-3-4-6-16(15)20/h3-6,11H,7-10,12H2,1-2H3. The molecule has 0 aliphatic carbocycles. The number of hydrogen-bond acceptors (Lipinski definition) is 4. The second-order valence-corrected chi connectivity index (χ2v) is 5.99. The van der Waals surface area contributed by atoms with E-state index in [4.69, 9.17) is 4.74 Å². The van der Waals surface area contributed by atoms with Crippen molar-refractivity contribution in [1.82, 2.24) is 9.78 Å². The molecule has 0 saturated carbocycles. The minimum atomic E-state index is -0.386. The van der Waals surface area contributed by atoms with Crippen LogP contribution in [0.4, 0.5) is 5.69 Å². The quantitative estimate of drug-likeness (QED) is 0.788. The average molecular weight is 327 g/mol. The summed E-state index contributed by atoms with van der Waals surface area (Å²) in [5.41, 5.74) is 4.00. The molecule has 0 fully saturated rings. The fourth-order valence-corrected chi connectivity index (χ4v) is 2.99. The van der Waals surface area contributed by atoms with Crippen LogP contribution < -0.4 is 4.90 Å². The molecule has 0 radical (unpaired) electrons. The number of rotatable bonds is 5. The molecule has 6 heteroatoms. The summed E-state index contributed by atoms with van der Waals surface area (Å²) >= 11 is 0. The molecule has 2 aromatic rings. The van der Waals surface area contributed by atoms with E-state index in [1.807, 2.05) is 44.2 Å². The number of anilines is 1. The number of aromatic nitrogens is 2. The lowest BCUT2D eigenvalue weighted by atomic mass is 10.2. The average Bonchev–Trinajstić information content (AvgIpc) is 3.13. The van der Waals surface area contributed by atoms with Gasteiger partial charge < -0.3 is 9.64 Å². The van der Waals surface area contributed by atoms with E-state index >= 15 is 0 Å². The number of aryl methyl sites for hydroxylation is 3. The zero-order chi connectivity index (χ0) is 17.1. The molecule has 0 spiro atoms. The van der Waals surface area contributed by atoms with Crippen LogP contribution in [0, 0.1) is 13.8 Å². The number of ether oxygens (including phenoxy) is 1. The maximum absolute atomic E-state index is 12.3. The molecule has 6 nitrogen and oxygen atoms in total. The molecule has 1 aromatic heterocycles. The fraction of sp³-hybridized carbons (Fsp3) is 0.389. The van der Waals surface area contributed by atoms with Crippen molar-refractivity contribution in [1.29, 1.82) is 0 Å². The second kappa shape index (κ2) is 6.86. The third-order valence-corrected chi connectivity index (χ3v) is 4.18. The van der Waals surface area contributed by atoms with Crippen LogP contribution in [0.2, 0.25) is 0 Å². The molecular weight excluding hydrogens is 306 g/mol. The Morgan fingerprint density at radius 2 is 2.04 bits per heavy atom. The van der Waals surface area contributed by atoms with E-state index in [1.54, 1.807) is 9.58 Å². The normalized spacial score (nSPS) is 13.0. The molecular formula is C18H21N3O3. The van der Waals surface area contributed by atoms with Gasteiger partial charge in [-0.25, -0.2) is 0 Å². The predicted molar refractivity (Wildman–Crippen MR) is 89.8 cm³/mol. The van der Waals surface area contributed by atoms with Crippen molar-refractivity contribution in [3.05, 3.63) is 47.3 Å². The third-order valence-electron chi connectivity index (χ3n) is 4.18. The minimum Gasteiger partial charge on any atom is -0.455 e. The SMILES string of the molecule is Cc1cc(C)n(CCC(=O)OCC(=O)N2CCc3ccccc32)n1. The Morgan fingerprint density at radius 3 is 2.79 bits per heavy atom. The van der Waals surface area contributed by atoms with Crippen molar-refractivity contribution in [2.75, 3.05) is 18.1 Å². The van der Waals surface area contributed by atoms with Gasteiger partial charge in [0.1, 0.15) is 0 Å². The molecule has 24 heavy (non-hydrogen) atoms. The molecule has 1 aliphatic rings. The van der Waals surface area contributed by atoms with Gasteiger partial charge in [0.25, 0.3) is 5.91 Å². The van der Waals surface area contributed by atoms with E-state index < -0.39 is 0 Å². The zero-order valence-electron chi connectivity index (χ0n) is 14.0. The monoisotopic (exact) mass is 327 g/mol. The number of amides is 1. The van der Waals surface area contributed by atoms with E-state index in [1.165, 1.54) is 0 Å². The number of benzene rings is 1. The molecule has 0 saturated heterocycles. The predicted octanol–water partition coefficient (Wildman–Crippen LogP) is 2.02. The first-order valence-electron chi connectivity index (χ1n) is 8.09. The maximum Gasteiger partial charge on any atom is 0.308 e. The number of carbonyl (C=O) groups is 2. The molecule has 126 valence electrons. The van der Waals surface area contributed by atoms with Gasteiger partial charge in [0, 0.05) is 17.9 Å². The van der Waals surface area contributed by atoms with Crippen LogP contribution in [-0.4, -0.2) is 34.8 Å². The number of hydrogen-bond donors (Lipinski definition) is 0. The van der Waals surface area contributed by atoms with E-state index in [2.05, 4.69) is 5.10 Å². The summed E-state index contributed by atoms with van der Waals surface area (Å²) in [6.45, 7) is 4.74. The van der Waals surface area contributed by atoms with Crippen molar-refractivity contribution in [3.63, 3.8) is 0 Å². The van der Waals surface area contributed by atoms with Gasteiger partial charge in [-0.2, -0.15) is 5.10 Å². The lowest BCUT2D eigenvalue weighted by molar-refractivity contribution is -0.148. The summed E-state index contributed by atoms with van der Waals surface area (Å²) in [5.74, 6) is -0.567. The van der Waals surface area contributed by atoms with Crippen LogP contribution >= 0.6 is 0 Å². The van der Waals surface area contributed by atoms with Crippen LogP contribution in [-0.2, 0) is 27.3 Å². The molecule has 0 N–H and O–H groups in total. The Balaban J connectivity index is 1.48. The summed E-state index contributed by atoms with van der Waals surface area (Å²) in [6.07, 6.45) is 1.04. The summed E-state index contributed by atoms with van der Waals surface area (Å²) < 4.78 is 6.90. The number of fused-ring (bicyclic) bond motifs is 1. The highest BCUT2D eigenvalue weighted by Gasteiger charge is 2.24. The van der Waals surface area contributed by atoms with E-state index in [0.717, 1.165) is 29.1 Å².